The monoisotopic (exact) mass is 278 g/mol. The second kappa shape index (κ2) is 4.26. The van der Waals surface area contributed by atoms with Gasteiger partial charge in [0.2, 0.25) is 0 Å². The van der Waals surface area contributed by atoms with Gasteiger partial charge < -0.3 is 14.1 Å². The molecule has 4 nitrogen and oxygen atoms in total. The molecule has 6 heteroatoms. The van der Waals surface area contributed by atoms with Gasteiger partial charge in [0.15, 0.2) is 4.77 Å². The highest BCUT2D eigenvalue weighted by molar-refractivity contribution is 7.71. The Balaban J connectivity index is 2.20. The highest BCUT2D eigenvalue weighted by Crippen LogP contribution is 2.23. The summed E-state index contributed by atoms with van der Waals surface area (Å²) in [7, 11) is 1.96. The molecule has 0 saturated carbocycles. The molecule has 0 unspecified atom stereocenters. The lowest BCUT2D eigenvalue weighted by atomic mass is 10.3. The molecule has 0 aliphatic carbocycles. The summed E-state index contributed by atoms with van der Waals surface area (Å²) in [5, 5.41) is 0.689. The lowest BCUT2D eigenvalue weighted by Gasteiger charge is -2.05. The molecule has 0 amide bonds. The van der Waals surface area contributed by atoms with Crippen LogP contribution in [0.25, 0.3) is 11.0 Å². The Bertz CT molecular complexity index is 768. The van der Waals surface area contributed by atoms with Crippen LogP contribution in [0.1, 0.15) is 5.82 Å². The number of H-pyrrole nitrogens is 1. The Hall–Kier alpha value is -1.59. The van der Waals surface area contributed by atoms with E-state index in [1.165, 1.54) is 0 Å². The van der Waals surface area contributed by atoms with Gasteiger partial charge >= 0.3 is 0 Å². The van der Waals surface area contributed by atoms with Gasteiger partial charge in [-0.15, -0.1) is 0 Å². The molecule has 0 atom stereocenters. The van der Waals surface area contributed by atoms with E-state index < -0.39 is 0 Å². The summed E-state index contributed by atoms with van der Waals surface area (Å²) in [4.78, 5) is 7.46. The zero-order valence-corrected chi connectivity index (χ0v) is 11.3. The van der Waals surface area contributed by atoms with Gasteiger partial charge in [-0.2, -0.15) is 0 Å². The number of aromatic amines is 1. The van der Waals surface area contributed by atoms with E-state index in [1.54, 1.807) is 6.20 Å². The summed E-state index contributed by atoms with van der Waals surface area (Å²) < 4.78 is 4.59. The van der Waals surface area contributed by atoms with Crippen LogP contribution in [0.3, 0.4) is 0 Å². The number of para-hydroxylation sites is 1. The van der Waals surface area contributed by atoms with Crippen LogP contribution in [0.2, 0.25) is 5.02 Å². The maximum absolute atomic E-state index is 6.24. The summed E-state index contributed by atoms with van der Waals surface area (Å²) in [5.74, 6) is 0.937. The fourth-order valence-electron chi connectivity index (χ4n) is 2.02. The maximum atomic E-state index is 6.24. The van der Waals surface area contributed by atoms with Crippen molar-refractivity contribution < 1.29 is 0 Å². The first-order valence-electron chi connectivity index (χ1n) is 5.50. The molecule has 0 spiro atoms. The number of hydrogen-bond donors (Lipinski definition) is 1. The largest absolute Gasteiger partial charge is 0.337 e. The van der Waals surface area contributed by atoms with Crippen LogP contribution >= 0.6 is 23.8 Å². The highest BCUT2D eigenvalue weighted by Gasteiger charge is 2.10. The second-order valence-corrected chi connectivity index (χ2v) is 4.90. The van der Waals surface area contributed by atoms with Crippen LogP contribution in [0.5, 0.6) is 0 Å². The summed E-state index contributed by atoms with van der Waals surface area (Å²) in [5.41, 5.74) is 1.87. The van der Waals surface area contributed by atoms with Crippen molar-refractivity contribution in [2.24, 2.45) is 7.05 Å². The lowest BCUT2D eigenvalue weighted by molar-refractivity contribution is 0.707. The molecule has 3 rings (SSSR count). The minimum absolute atomic E-state index is 0.603. The third kappa shape index (κ3) is 1.76. The van der Waals surface area contributed by atoms with Crippen LogP contribution < -0.4 is 0 Å². The van der Waals surface area contributed by atoms with Gasteiger partial charge in [0.25, 0.3) is 0 Å². The van der Waals surface area contributed by atoms with Gasteiger partial charge in [0.1, 0.15) is 5.82 Å². The summed E-state index contributed by atoms with van der Waals surface area (Å²) in [6, 6.07) is 5.73. The molecule has 92 valence electrons. The zero-order chi connectivity index (χ0) is 12.7. The molecule has 3 aromatic rings. The van der Waals surface area contributed by atoms with Gasteiger partial charge in [-0.05, 0) is 24.4 Å². The standard InChI is InChI=1S/C12H11ClN4S/c1-16-6-5-14-10(16)7-17-11-8(13)3-2-4-9(11)15-12(17)18/h2-6H,7H2,1H3,(H,15,18). The van der Waals surface area contributed by atoms with Gasteiger partial charge in [-0.1, -0.05) is 17.7 Å². The van der Waals surface area contributed by atoms with Gasteiger partial charge in [0.05, 0.1) is 22.6 Å². The van der Waals surface area contributed by atoms with E-state index >= 15 is 0 Å². The number of aromatic nitrogens is 4. The number of nitrogens with zero attached hydrogens (tertiary/aromatic N) is 3. The Morgan fingerprint density at radius 3 is 3.00 bits per heavy atom. The van der Waals surface area contributed by atoms with Crippen LogP contribution in [-0.4, -0.2) is 19.1 Å². The summed E-state index contributed by atoms with van der Waals surface area (Å²) in [6.07, 6.45) is 3.69. The number of hydrogen-bond acceptors (Lipinski definition) is 2. The van der Waals surface area contributed by atoms with Gasteiger partial charge in [-0.3, -0.25) is 0 Å². The Kier molecular flexibility index (Phi) is 2.72. The molecule has 1 aromatic carbocycles. The molecule has 18 heavy (non-hydrogen) atoms. The number of aryl methyl sites for hydroxylation is 1. The van der Waals surface area contributed by atoms with E-state index in [1.807, 2.05) is 40.6 Å². The number of nitrogens with one attached hydrogen (secondary N) is 1. The lowest BCUT2D eigenvalue weighted by Crippen LogP contribution is -2.05. The van der Waals surface area contributed by atoms with Crippen LogP contribution in [0.4, 0.5) is 0 Å². The van der Waals surface area contributed by atoms with E-state index in [2.05, 4.69) is 9.97 Å². The second-order valence-electron chi connectivity index (χ2n) is 4.11. The molecule has 0 radical (unpaired) electrons. The number of halogens is 1. The average molecular weight is 279 g/mol. The van der Waals surface area contributed by atoms with E-state index in [0.717, 1.165) is 16.9 Å². The molecule has 0 bridgehead atoms. The fraction of sp³-hybridized carbons (Fsp3) is 0.167. The van der Waals surface area contributed by atoms with E-state index in [4.69, 9.17) is 23.8 Å². The molecule has 2 aromatic heterocycles. The third-order valence-corrected chi connectivity index (χ3v) is 3.59. The molecule has 2 heterocycles. The Morgan fingerprint density at radius 2 is 2.28 bits per heavy atom. The fourth-order valence-corrected chi connectivity index (χ4v) is 2.56. The first-order chi connectivity index (χ1) is 8.66. The number of fused-ring (bicyclic) bond motifs is 1. The molecule has 1 N–H and O–H groups in total. The SMILES string of the molecule is Cn1ccnc1Cn1c(=S)[nH]c2cccc(Cl)c21. The topological polar surface area (TPSA) is 38.5 Å². The normalized spacial score (nSPS) is 11.2. The van der Waals surface area contributed by atoms with Crippen molar-refractivity contribution in [2.45, 2.75) is 6.54 Å². The first-order valence-corrected chi connectivity index (χ1v) is 6.28. The maximum Gasteiger partial charge on any atom is 0.178 e. The smallest absolute Gasteiger partial charge is 0.178 e. The van der Waals surface area contributed by atoms with Gasteiger partial charge in [-0.25, -0.2) is 4.98 Å². The Labute approximate surface area is 114 Å². The minimum Gasteiger partial charge on any atom is -0.337 e. The molecular formula is C12H11ClN4S. The highest BCUT2D eigenvalue weighted by atomic mass is 35.5. The van der Waals surface area contributed by atoms with Crippen molar-refractivity contribution in [3.63, 3.8) is 0 Å². The zero-order valence-electron chi connectivity index (χ0n) is 9.72. The van der Waals surface area contributed by atoms with Crippen molar-refractivity contribution in [1.82, 2.24) is 19.1 Å². The third-order valence-electron chi connectivity index (χ3n) is 2.96. The number of benzene rings is 1. The van der Waals surface area contributed by atoms with Crippen LogP contribution in [0, 0.1) is 4.77 Å². The number of imidazole rings is 2. The quantitative estimate of drug-likeness (QED) is 0.732. The number of rotatable bonds is 2. The first kappa shape index (κ1) is 11.5. The molecular weight excluding hydrogens is 268 g/mol. The van der Waals surface area contributed by atoms with Crippen molar-refractivity contribution in [1.29, 1.82) is 0 Å². The molecule has 0 saturated heterocycles. The van der Waals surface area contributed by atoms with E-state index in [9.17, 15) is 0 Å². The van der Waals surface area contributed by atoms with E-state index in [-0.39, 0.29) is 0 Å². The van der Waals surface area contributed by atoms with Crippen molar-refractivity contribution in [3.8, 4) is 0 Å². The van der Waals surface area contributed by atoms with Crippen molar-refractivity contribution in [3.05, 3.63) is 46.2 Å². The average Bonchev–Trinajstić information content (AvgIpc) is 2.86. The molecule has 0 aliphatic rings. The van der Waals surface area contributed by atoms with E-state index in [0.29, 0.717) is 16.3 Å². The van der Waals surface area contributed by atoms with Crippen LogP contribution in [-0.2, 0) is 13.6 Å². The van der Waals surface area contributed by atoms with Crippen molar-refractivity contribution in [2.75, 3.05) is 0 Å². The summed E-state index contributed by atoms with van der Waals surface area (Å²) >= 11 is 11.6. The molecule has 0 fully saturated rings. The predicted octanol–water partition coefficient (Wildman–Crippen LogP) is 3.13. The van der Waals surface area contributed by atoms with Crippen molar-refractivity contribution >= 4 is 34.9 Å². The predicted molar refractivity (Wildman–Crippen MR) is 74.4 cm³/mol. The van der Waals surface area contributed by atoms with Crippen LogP contribution in [0.15, 0.2) is 30.6 Å². The van der Waals surface area contributed by atoms with Gasteiger partial charge in [0, 0.05) is 19.4 Å². The molecule has 0 aliphatic heterocycles. The minimum atomic E-state index is 0.603. The Morgan fingerprint density at radius 1 is 1.44 bits per heavy atom. The summed E-state index contributed by atoms with van der Waals surface area (Å²) in [6.45, 7) is 0.603.